The molecule has 8 nitrogen and oxygen atoms in total. The Bertz CT molecular complexity index is 1200. The van der Waals surface area contributed by atoms with Gasteiger partial charge in [0.1, 0.15) is 11.6 Å². The average Bonchev–Trinajstić information content (AvgIpc) is 3.49. The van der Waals surface area contributed by atoms with E-state index in [-0.39, 0.29) is 5.82 Å². The minimum atomic E-state index is -4.28. The number of hydrogen-bond donors (Lipinski definition) is 3. The summed E-state index contributed by atoms with van der Waals surface area (Å²) >= 11 is 0. The van der Waals surface area contributed by atoms with Crippen LogP contribution in [0.25, 0.3) is 0 Å². The Kier molecular flexibility index (Phi) is 4.76. The molecule has 0 saturated heterocycles. The van der Waals surface area contributed by atoms with Gasteiger partial charge in [0, 0.05) is 23.7 Å². The Balaban J connectivity index is 1.42. The van der Waals surface area contributed by atoms with E-state index in [2.05, 4.69) is 10.5 Å². The van der Waals surface area contributed by atoms with Crippen LogP contribution in [0.4, 0.5) is 14.9 Å². The lowest BCUT2D eigenvalue weighted by Crippen LogP contribution is -2.34. The molecule has 10 heteroatoms. The van der Waals surface area contributed by atoms with E-state index in [0.29, 0.717) is 78.8 Å². The van der Waals surface area contributed by atoms with E-state index in [0.717, 1.165) is 24.0 Å². The number of furan rings is 1. The van der Waals surface area contributed by atoms with Crippen LogP contribution in [-0.4, -0.2) is 25.4 Å². The van der Waals surface area contributed by atoms with E-state index in [4.69, 9.17) is 9.62 Å². The number of fused-ring (bicyclic) bond motifs is 3. The van der Waals surface area contributed by atoms with Crippen molar-refractivity contribution in [1.82, 2.24) is 4.72 Å². The molecule has 31 heavy (non-hydrogen) atoms. The van der Waals surface area contributed by atoms with Gasteiger partial charge in [0.05, 0.1) is 5.71 Å². The lowest BCUT2D eigenvalue weighted by Gasteiger charge is -2.17. The second kappa shape index (κ2) is 7.37. The minimum Gasteiger partial charge on any atom is -0.447 e. The van der Waals surface area contributed by atoms with Crippen molar-refractivity contribution in [2.75, 3.05) is 5.32 Å². The predicted molar refractivity (Wildman–Crippen MR) is 110 cm³/mol. The van der Waals surface area contributed by atoms with Crippen molar-refractivity contribution < 1.29 is 27.2 Å². The Morgan fingerprint density at radius 2 is 1.61 bits per heavy atom. The molecule has 5 rings (SSSR count). The maximum absolute atomic E-state index is 14.8. The number of benzene rings is 1. The molecule has 0 unspecified atom stereocenters. The van der Waals surface area contributed by atoms with Crippen molar-refractivity contribution in [2.45, 2.75) is 62.9 Å². The monoisotopic (exact) mass is 447 g/mol. The molecule has 3 N–H and O–H groups in total. The highest BCUT2D eigenvalue weighted by molar-refractivity contribution is 7.89. The molecule has 0 fully saturated rings. The first-order valence-corrected chi connectivity index (χ1v) is 11.9. The normalized spacial score (nSPS) is 18.5. The maximum atomic E-state index is 14.8. The molecule has 1 heterocycles. The second-order valence-electron chi connectivity index (χ2n) is 8.17. The summed E-state index contributed by atoms with van der Waals surface area (Å²) in [5.41, 5.74) is 4.13. The first kappa shape index (κ1) is 20.0. The number of aryl methyl sites for hydroxylation is 1. The number of hydrogen-bond acceptors (Lipinski definition) is 6. The molecule has 2 aromatic rings. The fraction of sp³-hybridized carbons (Fsp3) is 0.429. The van der Waals surface area contributed by atoms with Crippen LogP contribution in [0.2, 0.25) is 0 Å². The summed E-state index contributed by atoms with van der Waals surface area (Å²) in [4.78, 5) is 12.6. The van der Waals surface area contributed by atoms with Gasteiger partial charge in [-0.25, -0.2) is 13.9 Å². The van der Waals surface area contributed by atoms with Gasteiger partial charge in [-0.15, -0.1) is 0 Å². The number of carbonyl (C=O) groups excluding carboxylic acids is 1. The molecule has 1 aromatic carbocycles. The van der Waals surface area contributed by atoms with Crippen molar-refractivity contribution >= 4 is 27.5 Å². The summed E-state index contributed by atoms with van der Waals surface area (Å²) < 4.78 is 47.7. The molecular weight excluding hydrogens is 425 g/mol. The number of halogens is 1. The third-order valence-electron chi connectivity index (χ3n) is 6.33. The lowest BCUT2D eigenvalue weighted by atomic mass is 9.97. The first-order valence-electron chi connectivity index (χ1n) is 10.4. The lowest BCUT2D eigenvalue weighted by molar-refractivity contribution is 0.256. The molecule has 0 saturated carbocycles. The van der Waals surface area contributed by atoms with Gasteiger partial charge in [0.15, 0.2) is 0 Å². The van der Waals surface area contributed by atoms with Crippen LogP contribution in [0.15, 0.2) is 20.7 Å². The van der Waals surface area contributed by atoms with Crippen molar-refractivity contribution in [3.8, 4) is 0 Å². The zero-order valence-corrected chi connectivity index (χ0v) is 17.6. The van der Waals surface area contributed by atoms with Gasteiger partial charge in [-0.05, 0) is 73.6 Å². The Labute approximate surface area is 178 Å². The summed E-state index contributed by atoms with van der Waals surface area (Å²) in [5.74, 6) is 0.245. The number of nitrogens with one attached hydrogen (secondary N) is 2. The fourth-order valence-corrected chi connectivity index (χ4v) is 5.85. The Hall–Kier alpha value is -2.88. The summed E-state index contributed by atoms with van der Waals surface area (Å²) in [7, 11) is -4.28. The molecule has 0 bridgehead atoms. The van der Waals surface area contributed by atoms with Gasteiger partial charge < -0.3 is 14.9 Å². The molecule has 0 spiro atoms. The van der Waals surface area contributed by atoms with Crippen LogP contribution in [0.5, 0.6) is 0 Å². The van der Waals surface area contributed by atoms with Crippen molar-refractivity contribution in [2.24, 2.45) is 5.16 Å². The molecule has 3 aliphatic rings. The highest BCUT2D eigenvalue weighted by atomic mass is 32.2. The van der Waals surface area contributed by atoms with Crippen molar-refractivity contribution in [3.63, 3.8) is 0 Å². The molecule has 0 atom stereocenters. The third-order valence-corrected chi connectivity index (χ3v) is 7.52. The minimum absolute atomic E-state index is 0.166. The number of oxime groups is 1. The van der Waals surface area contributed by atoms with Crippen LogP contribution in [-0.2, 0) is 42.1 Å². The van der Waals surface area contributed by atoms with Crippen molar-refractivity contribution in [1.29, 1.82) is 0 Å². The van der Waals surface area contributed by atoms with Gasteiger partial charge in [0.2, 0.25) is 5.09 Å². The number of sulfonamides is 1. The van der Waals surface area contributed by atoms with Crippen LogP contribution in [0.3, 0.4) is 0 Å². The van der Waals surface area contributed by atoms with E-state index in [1.54, 1.807) is 0 Å². The Morgan fingerprint density at radius 3 is 2.26 bits per heavy atom. The summed E-state index contributed by atoms with van der Waals surface area (Å²) in [6, 6.07) is 0.354. The van der Waals surface area contributed by atoms with Crippen LogP contribution in [0.1, 0.15) is 59.3 Å². The van der Waals surface area contributed by atoms with E-state index < -0.39 is 21.1 Å². The van der Waals surface area contributed by atoms with E-state index in [1.807, 2.05) is 4.72 Å². The molecule has 164 valence electrons. The summed E-state index contributed by atoms with van der Waals surface area (Å²) in [6.07, 6.45) is 5.85. The van der Waals surface area contributed by atoms with Gasteiger partial charge in [0.25, 0.3) is 10.0 Å². The third kappa shape index (κ3) is 3.29. The van der Waals surface area contributed by atoms with Gasteiger partial charge in [-0.1, -0.05) is 5.16 Å². The van der Waals surface area contributed by atoms with Crippen LogP contribution < -0.4 is 10.0 Å². The summed E-state index contributed by atoms with van der Waals surface area (Å²) in [6.45, 7) is 0. The SMILES string of the molecule is O=C(Nc1c2c(c(F)c3c1CCC3)CCC2)NS(=O)(=O)c1cc2c(o1)CCC/C2=N/O. The first-order chi connectivity index (χ1) is 14.9. The quantitative estimate of drug-likeness (QED) is 0.492. The zero-order valence-electron chi connectivity index (χ0n) is 16.8. The molecule has 0 radical (unpaired) electrons. The zero-order chi connectivity index (χ0) is 21.8. The highest BCUT2D eigenvalue weighted by Crippen LogP contribution is 2.41. The molecular formula is C21H22FN3O5S. The Morgan fingerprint density at radius 1 is 1.00 bits per heavy atom. The number of amides is 2. The van der Waals surface area contributed by atoms with E-state index in [1.165, 1.54) is 6.07 Å². The van der Waals surface area contributed by atoms with Gasteiger partial charge >= 0.3 is 6.03 Å². The largest absolute Gasteiger partial charge is 0.447 e. The number of carbonyl (C=O) groups is 1. The standard InChI is InChI=1S/C21H22FN3O5S/c22-19-11-4-1-6-13(11)20(14-7-2-5-12(14)19)23-21(26)25-31(28,29)18-10-15-16(24-27)8-3-9-17(15)30-18/h10,27H,1-9H2,(H2,23,25,26)/b24-16-. The highest BCUT2D eigenvalue weighted by Gasteiger charge is 2.32. The van der Waals surface area contributed by atoms with E-state index in [9.17, 15) is 17.6 Å². The van der Waals surface area contributed by atoms with Crippen molar-refractivity contribution in [3.05, 3.63) is 45.5 Å². The number of nitrogens with zero attached hydrogens (tertiary/aromatic N) is 1. The van der Waals surface area contributed by atoms with Gasteiger partial charge in [-0.3, -0.25) is 0 Å². The van der Waals surface area contributed by atoms with Crippen LogP contribution >= 0.6 is 0 Å². The van der Waals surface area contributed by atoms with Gasteiger partial charge in [-0.2, -0.15) is 8.42 Å². The second-order valence-corrected chi connectivity index (χ2v) is 9.79. The number of anilines is 1. The van der Waals surface area contributed by atoms with E-state index >= 15 is 0 Å². The number of urea groups is 1. The molecule has 0 aliphatic heterocycles. The predicted octanol–water partition coefficient (Wildman–Crippen LogP) is 3.42. The smallest absolute Gasteiger partial charge is 0.333 e. The van der Waals surface area contributed by atoms with Crippen LogP contribution in [0, 0.1) is 5.82 Å². The number of rotatable bonds is 3. The average molecular weight is 447 g/mol. The molecule has 1 aromatic heterocycles. The topological polar surface area (TPSA) is 121 Å². The maximum Gasteiger partial charge on any atom is 0.333 e. The molecule has 3 aliphatic carbocycles. The summed E-state index contributed by atoms with van der Waals surface area (Å²) in [5, 5.41) is 14.6. The fourth-order valence-electron chi connectivity index (χ4n) is 4.97. The molecule has 2 amide bonds.